The van der Waals surface area contributed by atoms with Crippen molar-refractivity contribution >= 4 is 56.3 Å². The molecule has 172 valence electrons. The number of aromatic nitrogens is 1. The number of thiophene rings is 1. The molecule has 2 amide bonds. The van der Waals surface area contributed by atoms with Crippen LogP contribution in [0.2, 0.25) is 5.02 Å². The number of hydrogen-bond acceptors (Lipinski definition) is 6. The number of primary sulfonamides is 1. The molecule has 0 fully saturated rings. The van der Waals surface area contributed by atoms with Crippen molar-refractivity contribution in [1.82, 2.24) is 4.98 Å². The molecule has 0 bridgehead atoms. The fourth-order valence-corrected chi connectivity index (χ4v) is 4.77. The highest BCUT2D eigenvalue weighted by Crippen LogP contribution is 2.28. The number of rotatable bonds is 6. The van der Waals surface area contributed by atoms with Crippen molar-refractivity contribution in [2.45, 2.75) is 4.90 Å². The van der Waals surface area contributed by atoms with Gasteiger partial charge in [0.25, 0.3) is 11.8 Å². The number of benzene rings is 2. The summed E-state index contributed by atoms with van der Waals surface area (Å²) in [5, 5.41) is 12.8. The van der Waals surface area contributed by atoms with E-state index in [0.29, 0.717) is 38.1 Å². The predicted octanol–water partition coefficient (Wildman–Crippen LogP) is 4.62. The molecule has 11 heteroatoms. The fraction of sp³-hybridized carbons (Fsp3) is 0. The molecule has 2 aromatic heterocycles. The smallest absolute Gasteiger partial charge is 0.269 e. The van der Waals surface area contributed by atoms with E-state index < -0.39 is 21.8 Å². The number of carbonyl (C=O) groups is 2. The number of halogens is 1. The Morgan fingerprint density at radius 1 is 0.912 bits per heavy atom. The molecule has 2 aromatic carbocycles. The van der Waals surface area contributed by atoms with E-state index in [0.717, 1.165) is 0 Å². The maximum Gasteiger partial charge on any atom is 0.269 e. The van der Waals surface area contributed by atoms with E-state index in [1.807, 2.05) is 0 Å². The Bertz CT molecular complexity index is 1470. The van der Waals surface area contributed by atoms with Crippen molar-refractivity contribution < 1.29 is 18.0 Å². The third kappa shape index (κ3) is 5.32. The van der Waals surface area contributed by atoms with E-state index in [2.05, 4.69) is 15.6 Å². The molecular weight excluding hydrogens is 496 g/mol. The van der Waals surface area contributed by atoms with Crippen LogP contribution < -0.4 is 15.8 Å². The Morgan fingerprint density at radius 2 is 1.65 bits per heavy atom. The summed E-state index contributed by atoms with van der Waals surface area (Å²) in [6.07, 6.45) is 1.42. The zero-order valence-electron chi connectivity index (χ0n) is 17.4. The molecule has 0 atom stereocenters. The third-order valence-electron chi connectivity index (χ3n) is 4.74. The van der Waals surface area contributed by atoms with Gasteiger partial charge in [0, 0.05) is 17.3 Å². The number of hydrogen-bond donors (Lipinski definition) is 3. The van der Waals surface area contributed by atoms with Crippen LogP contribution in [0, 0.1) is 0 Å². The van der Waals surface area contributed by atoms with E-state index in [1.54, 1.807) is 66.0 Å². The minimum absolute atomic E-state index is 0.00342. The first kappa shape index (κ1) is 23.6. The molecule has 8 nitrogen and oxygen atoms in total. The Hall–Kier alpha value is -3.57. The van der Waals surface area contributed by atoms with E-state index in [4.69, 9.17) is 16.7 Å². The number of sulfonamides is 1. The molecule has 4 N–H and O–H groups in total. The number of nitrogens with two attached hydrogens (primary N) is 1. The van der Waals surface area contributed by atoms with Gasteiger partial charge in [-0.05, 0) is 47.3 Å². The van der Waals surface area contributed by atoms with Crippen LogP contribution in [-0.4, -0.2) is 25.2 Å². The number of nitrogens with one attached hydrogen (secondary N) is 2. The Labute approximate surface area is 204 Å². The van der Waals surface area contributed by atoms with Crippen LogP contribution in [-0.2, 0) is 10.0 Å². The quantitative estimate of drug-likeness (QED) is 0.347. The van der Waals surface area contributed by atoms with E-state index in [-0.39, 0.29) is 4.90 Å². The number of pyridine rings is 1. The number of anilines is 2. The lowest BCUT2D eigenvalue weighted by Gasteiger charge is -2.10. The van der Waals surface area contributed by atoms with Gasteiger partial charge in [-0.25, -0.2) is 18.5 Å². The maximum atomic E-state index is 12.8. The Balaban J connectivity index is 1.50. The molecule has 0 radical (unpaired) electrons. The van der Waals surface area contributed by atoms with Crippen LogP contribution in [0.4, 0.5) is 11.5 Å². The van der Waals surface area contributed by atoms with Gasteiger partial charge in [-0.15, -0.1) is 11.3 Å². The first-order valence-corrected chi connectivity index (χ1v) is 12.6. The van der Waals surface area contributed by atoms with Crippen LogP contribution in [0.5, 0.6) is 0 Å². The second kappa shape index (κ2) is 9.74. The van der Waals surface area contributed by atoms with E-state index >= 15 is 0 Å². The lowest BCUT2D eigenvalue weighted by molar-refractivity contribution is 0.102. The fourth-order valence-electron chi connectivity index (χ4n) is 3.16. The predicted molar refractivity (Wildman–Crippen MR) is 133 cm³/mol. The van der Waals surface area contributed by atoms with Crippen molar-refractivity contribution in [2.75, 3.05) is 10.6 Å². The molecule has 4 rings (SSSR count). The van der Waals surface area contributed by atoms with Crippen LogP contribution in [0.3, 0.4) is 0 Å². The van der Waals surface area contributed by atoms with Gasteiger partial charge in [0.15, 0.2) is 0 Å². The average molecular weight is 513 g/mol. The lowest BCUT2D eigenvalue weighted by atomic mass is 10.0. The number of amides is 2. The van der Waals surface area contributed by atoms with Crippen LogP contribution in [0.25, 0.3) is 11.1 Å². The molecule has 0 aliphatic rings. The van der Waals surface area contributed by atoms with Gasteiger partial charge in [0.05, 0.1) is 15.6 Å². The van der Waals surface area contributed by atoms with E-state index in [9.17, 15) is 18.0 Å². The summed E-state index contributed by atoms with van der Waals surface area (Å²) in [6, 6.07) is 17.5. The molecule has 34 heavy (non-hydrogen) atoms. The zero-order chi connectivity index (χ0) is 24.3. The second-order valence-corrected chi connectivity index (χ2v) is 9.93. The molecule has 0 aliphatic carbocycles. The first-order valence-electron chi connectivity index (χ1n) is 9.76. The highest BCUT2D eigenvalue weighted by atomic mass is 35.5. The van der Waals surface area contributed by atoms with Crippen LogP contribution >= 0.6 is 22.9 Å². The summed E-state index contributed by atoms with van der Waals surface area (Å²) >= 11 is 6.98. The standard InChI is InChI=1S/C23H17ClN4O4S2/c24-16-9-10-20(26-13-16)28-23(30)21-18(11-12-33-21)27-22(29)15-7-5-14(6-8-15)17-3-1-2-4-19(17)34(25,31)32/h1-13H,(H,27,29)(H2,25,31,32)(H,26,28,30). The molecule has 0 saturated heterocycles. The normalized spacial score (nSPS) is 11.1. The Kier molecular flexibility index (Phi) is 6.75. The summed E-state index contributed by atoms with van der Waals surface area (Å²) in [7, 11) is -3.91. The highest BCUT2D eigenvalue weighted by molar-refractivity contribution is 7.89. The number of nitrogens with zero attached hydrogens (tertiary/aromatic N) is 1. The summed E-state index contributed by atoms with van der Waals surface area (Å²) in [4.78, 5) is 29.7. The minimum Gasteiger partial charge on any atom is -0.320 e. The number of carbonyl (C=O) groups excluding carboxylic acids is 2. The van der Waals surface area contributed by atoms with Crippen molar-refractivity contribution in [3.63, 3.8) is 0 Å². The van der Waals surface area contributed by atoms with Gasteiger partial charge in [-0.1, -0.05) is 41.9 Å². The minimum atomic E-state index is -3.91. The molecular formula is C23H17ClN4O4S2. The summed E-state index contributed by atoms with van der Waals surface area (Å²) in [5.41, 5.74) is 1.70. The first-order chi connectivity index (χ1) is 16.2. The maximum absolute atomic E-state index is 12.8. The summed E-state index contributed by atoms with van der Waals surface area (Å²) in [6.45, 7) is 0. The third-order valence-corrected chi connectivity index (χ3v) is 6.85. The van der Waals surface area contributed by atoms with E-state index in [1.165, 1.54) is 23.6 Å². The molecule has 2 heterocycles. The summed E-state index contributed by atoms with van der Waals surface area (Å²) < 4.78 is 23.7. The van der Waals surface area contributed by atoms with Gasteiger partial charge in [0.1, 0.15) is 10.7 Å². The topological polar surface area (TPSA) is 131 Å². The average Bonchev–Trinajstić information content (AvgIpc) is 3.28. The monoisotopic (exact) mass is 512 g/mol. The van der Waals surface area contributed by atoms with Crippen LogP contribution in [0.1, 0.15) is 20.0 Å². The molecule has 4 aromatic rings. The zero-order valence-corrected chi connectivity index (χ0v) is 19.7. The van der Waals surface area contributed by atoms with Crippen molar-refractivity contribution in [2.24, 2.45) is 5.14 Å². The largest absolute Gasteiger partial charge is 0.320 e. The molecule has 0 aliphatic heterocycles. The van der Waals surface area contributed by atoms with Crippen molar-refractivity contribution in [3.8, 4) is 11.1 Å². The van der Waals surface area contributed by atoms with Gasteiger partial charge in [0.2, 0.25) is 10.0 Å². The lowest BCUT2D eigenvalue weighted by Crippen LogP contribution is -2.17. The highest BCUT2D eigenvalue weighted by Gasteiger charge is 2.18. The van der Waals surface area contributed by atoms with Crippen molar-refractivity contribution in [1.29, 1.82) is 0 Å². The van der Waals surface area contributed by atoms with Gasteiger partial charge >= 0.3 is 0 Å². The molecule has 0 spiro atoms. The van der Waals surface area contributed by atoms with Crippen molar-refractivity contribution in [3.05, 3.63) is 93.8 Å². The Morgan fingerprint density at radius 3 is 2.32 bits per heavy atom. The van der Waals surface area contributed by atoms with Gasteiger partial charge in [-0.2, -0.15) is 0 Å². The molecule has 0 saturated carbocycles. The SMILES string of the molecule is NS(=O)(=O)c1ccccc1-c1ccc(C(=O)Nc2ccsc2C(=O)Nc2ccc(Cl)cn2)cc1. The molecule has 0 unspecified atom stereocenters. The second-order valence-electron chi connectivity index (χ2n) is 7.05. The van der Waals surface area contributed by atoms with Gasteiger partial charge < -0.3 is 10.6 Å². The van der Waals surface area contributed by atoms with Crippen LogP contribution in [0.15, 0.2) is 83.2 Å². The van der Waals surface area contributed by atoms with Gasteiger partial charge in [-0.3, -0.25) is 9.59 Å². The summed E-state index contributed by atoms with van der Waals surface area (Å²) in [5.74, 6) is -0.520.